The summed E-state index contributed by atoms with van der Waals surface area (Å²) in [4.78, 5) is 32.8. The van der Waals surface area contributed by atoms with Gasteiger partial charge in [0.1, 0.15) is 11.2 Å². The Morgan fingerprint density at radius 1 is 1.27 bits per heavy atom. The van der Waals surface area contributed by atoms with E-state index in [4.69, 9.17) is 11.6 Å². The first-order chi connectivity index (χ1) is 10.7. The van der Waals surface area contributed by atoms with Gasteiger partial charge in [0.2, 0.25) is 5.91 Å². The Morgan fingerprint density at radius 3 is 2.77 bits per heavy atom. The Labute approximate surface area is 139 Å². The third-order valence-corrected chi connectivity index (χ3v) is 5.24. The highest BCUT2D eigenvalue weighted by atomic mass is 35.5. The van der Waals surface area contributed by atoms with Crippen molar-refractivity contribution in [2.24, 2.45) is 0 Å². The molecule has 7 heteroatoms. The van der Waals surface area contributed by atoms with E-state index in [1.54, 1.807) is 17.0 Å². The van der Waals surface area contributed by atoms with E-state index in [0.717, 1.165) is 37.4 Å². The van der Waals surface area contributed by atoms with Crippen LogP contribution in [0.3, 0.4) is 0 Å². The Hall–Kier alpha value is -1.27. The molecule has 2 aliphatic rings. The van der Waals surface area contributed by atoms with E-state index in [-0.39, 0.29) is 17.9 Å². The third kappa shape index (κ3) is 3.22. The lowest BCUT2D eigenvalue weighted by Crippen LogP contribution is -2.50. The van der Waals surface area contributed by atoms with E-state index in [2.05, 4.69) is 4.98 Å². The second-order valence-corrected chi connectivity index (χ2v) is 7.07. The SMILES string of the molecule is O=C(C1CCCN1C(=O)c1ccnc(Cl)c1)N1CCSCC1. The molecule has 22 heavy (non-hydrogen) atoms. The van der Waals surface area contributed by atoms with Crippen molar-refractivity contribution in [2.75, 3.05) is 31.1 Å². The van der Waals surface area contributed by atoms with E-state index < -0.39 is 0 Å². The van der Waals surface area contributed by atoms with Gasteiger partial charge in [-0.1, -0.05) is 11.6 Å². The molecule has 2 amide bonds. The van der Waals surface area contributed by atoms with Crippen LogP contribution in [0.5, 0.6) is 0 Å². The van der Waals surface area contributed by atoms with Gasteiger partial charge in [-0.15, -0.1) is 0 Å². The normalized spacial score (nSPS) is 22.0. The van der Waals surface area contributed by atoms with E-state index in [0.29, 0.717) is 17.3 Å². The molecule has 0 aromatic carbocycles. The molecule has 1 atom stereocenters. The van der Waals surface area contributed by atoms with E-state index in [1.807, 2.05) is 16.7 Å². The molecule has 2 saturated heterocycles. The Kier molecular flexibility index (Phi) is 4.88. The topological polar surface area (TPSA) is 53.5 Å². The molecule has 3 rings (SSSR count). The highest BCUT2D eigenvalue weighted by Crippen LogP contribution is 2.23. The van der Waals surface area contributed by atoms with Gasteiger partial charge in [-0.2, -0.15) is 11.8 Å². The zero-order chi connectivity index (χ0) is 15.5. The summed E-state index contributed by atoms with van der Waals surface area (Å²) in [5.74, 6) is 1.91. The first kappa shape index (κ1) is 15.6. The monoisotopic (exact) mass is 339 g/mol. The summed E-state index contributed by atoms with van der Waals surface area (Å²) in [6.07, 6.45) is 3.13. The van der Waals surface area contributed by atoms with Crippen LogP contribution >= 0.6 is 23.4 Å². The molecule has 0 saturated carbocycles. The molecule has 1 aromatic heterocycles. The Bertz CT molecular complexity index is 578. The number of likely N-dealkylation sites (tertiary alicyclic amines) is 1. The number of rotatable bonds is 2. The molecule has 5 nitrogen and oxygen atoms in total. The third-order valence-electron chi connectivity index (χ3n) is 4.09. The highest BCUT2D eigenvalue weighted by Gasteiger charge is 2.37. The van der Waals surface area contributed by atoms with Gasteiger partial charge in [-0.05, 0) is 25.0 Å². The molecule has 0 radical (unpaired) electrons. The number of nitrogens with zero attached hydrogens (tertiary/aromatic N) is 3. The second-order valence-electron chi connectivity index (χ2n) is 5.46. The minimum absolute atomic E-state index is 0.0892. The van der Waals surface area contributed by atoms with Crippen molar-refractivity contribution in [2.45, 2.75) is 18.9 Å². The largest absolute Gasteiger partial charge is 0.339 e. The molecule has 3 heterocycles. The standard InChI is InChI=1S/C15H18ClN3O2S/c16-13-10-11(3-4-17-13)14(20)19-5-1-2-12(19)15(21)18-6-8-22-9-7-18/h3-4,10,12H,1-2,5-9H2. The number of hydrogen-bond donors (Lipinski definition) is 0. The van der Waals surface area contributed by atoms with Gasteiger partial charge in [0, 0.05) is 42.9 Å². The van der Waals surface area contributed by atoms with Gasteiger partial charge in [-0.25, -0.2) is 4.98 Å². The number of pyridine rings is 1. The summed E-state index contributed by atoms with van der Waals surface area (Å²) in [7, 11) is 0. The summed E-state index contributed by atoms with van der Waals surface area (Å²) in [5, 5.41) is 0.293. The average molecular weight is 340 g/mol. The number of aromatic nitrogens is 1. The Morgan fingerprint density at radius 2 is 2.05 bits per heavy atom. The maximum Gasteiger partial charge on any atom is 0.254 e. The van der Waals surface area contributed by atoms with Gasteiger partial charge in [0.25, 0.3) is 5.91 Å². The van der Waals surface area contributed by atoms with Crippen molar-refractivity contribution in [3.63, 3.8) is 0 Å². The van der Waals surface area contributed by atoms with Crippen molar-refractivity contribution in [1.29, 1.82) is 0 Å². The van der Waals surface area contributed by atoms with Gasteiger partial charge in [0.05, 0.1) is 0 Å². The van der Waals surface area contributed by atoms with Gasteiger partial charge in [0.15, 0.2) is 0 Å². The van der Waals surface area contributed by atoms with Crippen molar-refractivity contribution in [1.82, 2.24) is 14.8 Å². The maximum atomic E-state index is 12.7. The number of amides is 2. The molecule has 2 aliphatic heterocycles. The number of thioether (sulfide) groups is 1. The van der Waals surface area contributed by atoms with Crippen LogP contribution in [0.1, 0.15) is 23.2 Å². The van der Waals surface area contributed by atoms with E-state index in [1.165, 1.54) is 6.20 Å². The fraction of sp³-hybridized carbons (Fsp3) is 0.533. The maximum absolute atomic E-state index is 12.7. The van der Waals surface area contributed by atoms with Crippen LogP contribution in [0.4, 0.5) is 0 Å². The fourth-order valence-corrected chi connectivity index (χ4v) is 4.04. The van der Waals surface area contributed by atoms with Gasteiger partial charge < -0.3 is 9.80 Å². The fourth-order valence-electron chi connectivity index (χ4n) is 2.96. The number of carbonyl (C=O) groups excluding carboxylic acids is 2. The molecule has 2 fully saturated rings. The van der Waals surface area contributed by atoms with Crippen LogP contribution in [0.15, 0.2) is 18.3 Å². The average Bonchev–Trinajstić information content (AvgIpc) is 3.04. The van der Waals surface area contributed by atoms with Crippen molar-refractivity contribution >= 4 is 35.2 Å². The smallest absolute Gasteiger partial charge is 0.254 e. The van der Waals surface area contributed by atoms with Crippen LogP contribution in [0.2, 0.25) is 5.15 Å². The summed E-state index contributed by atoms with van der Waals surface area (Å²) in [6.45, 7) is 2.18. The predicted octanol–water partition coefficient (Wildman–Crippen LogP) is 1.92. The molecule has 1 aromatic rings. The molecular formula is C15H18ClN3O2S. The van der Waals surface area contributed by atoms with Crippen LogP contribution < -0.4 is 0 Å². The highest BCUT2D eigenvalue weighted by molar-refractivity contribution is 7.99. The van der Waals surface area contributed by atoms with E-state index >= 15 is 0 Å². The number of hydrogen-bond acceptors (Lipinski definition) is 4. The van der Waals surface area contributed by atoms with Crippen LogP contribution in [0, 0.1) is 0 Å². The molecule has 0 aliphatic carbocycles. The minimum atomic E-state index is -0.331. The first-order valence-electron chi connectivity index (χ1n) is 7.46. The van der Waals surface area contributed by atoms with Crippen LogP contribution in [0.25, 0.3) is 0 Å². The van der Waals surface area contributed by atoms with Crippen molar-refractivity contribution < 1.29 is 9.59 Å². The Balaban J connectivity index is 1.75. The summed E-state index contributed by atoms with van der Waals surface area (Å²) >= 11 is 7.73. The molecule has 118 valence electrons. The lowest BCUT2D eigenvalue weighted by molar-refractivity contribution is -0.134. The quantitative estimate of drug-likeness (QED) is 0.772. The predicted molar refractivity (Wildman–Crippen MR) is 87.2 cm³/mol. The van der Waals surface area contributed by atoms with Crippen molar-refractivity contribution in [3.8, 4) is 0 Å². The van der Waals surface area contributed by atoms with Crippen molar-refractivity contribution in [3.05, 3.63) is 29.0 Å². The second kappa shape index (κ2) is 6.87. The van der Waals surface area contributed by atoms with E-state index in [9.17, 15) is 9.59 Å². The molecule has 0 N–H and O–H groups in total. The molecule has 1 unspecified atom stereocenters. The molecular weight excluding hydrogens is 322 g/mol. The molecule has 0 bridgehead atoms. The summed E-state index contributed by atoms with van der Waals surface area (Å²) in [5.41, 5.74) is 0.494. The number of halogens is 1. The lowest BCUT2D eigenvalue weighted by atomic mass is 10.1. The zero-order valence-corrected chi connectivity index (χ0v) is 13.8. The van der Waals surface area contributed by atoms with Gasteiger partial charge in [-0.3, -0.25) is 9.59 Å². The zero-order valence-electron chi connectivity index (χ0n) is 12.2. The minimum Gasteiger partial charge on any atom is -0.339 e. The molecule has 0 spiro atoms. The van der Waals surface area contributed by atoms with Gasteiger partial charge >= 0.3 is 0 Å². The van der Waals surface area contributed by atoms with Crippen LogP contribution in [-0.2, 0) is 4.79 Å². The number of carbonyl (C=O) groups is 2. The summed E-state index contributed by atoms with van der Waals surface area (Å²) in [6, 6.07) is 2.87. The summed E-state index contributed by atoms with van der Waals surface area (Å²) < 4.78 is 0. The lowest BCUT2D eigenvalue weighted by Gasteiger charge is -2.32. The first-order valence-corrected chi connectivity index (χ1v) is 8.99. The van der Waals surface area contributed by atoms with Crippen LogP contribution in [-0.4, -0.2) is 63.8 Å².